The van der Waals surface area contributed by atoms with Gasteiger partial charge in [0.1, 0.15) is 6.61 Å². The number of thioether (sulfide) groups is 1. The van der Waals surface area contributed by atoms with Crippen LogP contribution in [0, 0.1) is 0 Å². The summed E-state index contributed by atoms with van der Waals surface area (Å²) >= 11 is 0.817. The van der Waals surface area contributed by atoms with E-state index in [1.165, 1.54) is 6.08 Å². The molecule has 0 spiro atoms. The van der Waals surface area contributed by atoms with E-state index in [4.69, 9.17) is 9.47 Å². The number of benzene rings is 1. The fourth-order valence-electron chi connectivity index (χ4n) is 3.34. The Morgan fingerprint density at radius 3 is 2.59 bits per heavy atom. The van der Waals surface area contributed by atoms with Crippen molar-refractivity contribution in [3.8, 4) is 5.88 Å². The van der Waals surface area contributed by atoms with Crippen molar-refractivity contribution in [2.24, 2.45) is 0 Å². The average Bonchev–Trinajstić information content (AvgIpc) is 3.16. The fourth-order valence-corrected chi connectivity index (χ4v) is 4.00. The highest BCUT2D eigenvalue weighted by Crippen LogP contribution is 2.27. The molecular formula is C22H24N6O5S. The van der Waals surface area contributed by atoms with Gasteiger partial charge < -0.3 is 24.6 Å². The topological polar surface area (TPSA) is 126 Å². The number of methoxy groups -OCH3 is 1. The van der Waals surface area contributed by atoms with Crippen molar-refractivity contribution in [2.75, 3.05) is 56.7 Å². The first-order valence-electron chi connectivity index (χ1n) is 10.6. The van der Waals surface area contributed by atoms with Crippen molar-refractivity contribution in [3.05, 3.63) is 47.0 Å². The van der Waals surface area contributed by atoms with Gasteiger partial charge in [-0.2, -0.15) is 4.98 Å². The van der Waals surface area contributed by atoms with Gasteiger partial charge in [0.05, 0.1) is 17.2 Å². The van der Waals surface area contributed by atoms with E-state index in [1.807, 2.05) is 35.2 Å². The van der Waals surface area contributed by atoms with Gasteiger partial charge in [-0.05, 0) is 30.0 Å². The summed E-state index contributed by atoms with van der Waals surface area (Å²) in [6.45, 7) is 2.70. The third-order valence-electron chi connectivity index (χ3n) is 5.04. The first-order chi connectivity index (χ1) is 16.5. The van der Waals surface area contributed by atoms with Crippen LogP contribution in [0.1, 0.15) is 5.69 Å². The normalized spacial score (nSPS) is 17.1. The number of amides is 4. The van der Waals surface area contributed by atoms with Gasteiger partial charge in [-0.25, -0.2) is 9.78 Å². The van der Waals surface area contributed by atoms with Gasteiger partial charge in [-0.15, -0.1) is 0 Å². The molecule has 3 heterocycles. The lowest BCUT2D eigenvalue weighted by atomic mass is 10.3. The van der Waals surface area contributed by atoms with Crippen LogP contribution in [0.15, 0.2) is 41.3 Å². The van der Waals surface area contributed by atoms with E-state index < -0.39 is 11.1 Å². The molecule has 2 aliphatic rings. The number of piperazine rings is 1. The molecule has 0 saturated carbocycles. The number of para-hydroxylation sites is 1. The van der Waals surface area contributed by atoms with Gasteiger partial charge in [0.2, 0.25) is 11.8 Å². The number of rotatable bonds is 7. The Morgan fingerprint density at radius 1 is 1.15 bits per heavy atom. The number of carbonyl (C=O) groups excluding carboxylic acids is 3. The zero-order valence-electron chi connectivity index (χ0n) is 18.5. The molecule has 11 nitrogen and oxygen atoms in total. The van der Waals surface area contributed by atoms with Crippen LogP contribution in [0.25, 0.3) is 6.08 Å². The van der Waals surface area contributed by atoms with Crippen molar-refractivity contribution in [3.63, 3.8) is 0 Å². The molecule has 2 fully saturated rings. The minimum Gasteiger partial charge on any atom is -0.475 e. The number of nitrogens with zero attached hydrogens (tertiary/aromatic N) is 4. The van der Waals surface area contributed by atoms with Crippen molar-refractivity contribution < 1.29 is 23.9 Å². The molecule has 12 heteroatoms. The van der Waals surface area contributed by atoms with Gasteiger partial charge in [-0.1, -0.05) is 18.2 Å². The number of urea groups is 1. The second kappa shape index (κ2) is 11.0. The maximum atomic E-state index is 12.6. The molecule has 0 bridgehead atoms. The monoisotopic (exact) mass is 484 g/mol. The molecule has 34 heavy (non-hydrogen) atoms. The molecule has 0 atom stereocenters. The van der Waals surface area contributed by atoms with E-state index in [1.54, 1.807) is 18.1 Å². The Kier molecular flexibility index (Phi) is 7.60. The van der Waals surface area contributed by atoms with Crippen LogP contribution in [-0.2, 0) is 9.53 Å². The van der Waals surface area contributed by atoms with E-state index in [0.717, 1.165) is 17.4 Å². The molecule has 2 N–H and O–H groups in total. The molecule has 2 aliphatic heterocycles. The van der Waals surface area contributed by atoms with Gasteiger partial charge in [0, 0.05) is 45.0 Å². The summed E-state index contributed by atoms with van der Waals surface area (Å²) in [5.41, 5.74) is 1.18. The molecule has 178 valence electrons. The summed E-state index contributed by atoms with van der Waals surface area (Å²) in [5.74, 6) is 0.280. The third-order valence-corrected chi connectivity index (χ3v) is 5.85. The summed E-state index contributed by atoms with van der Waals surface area (Å²) < 4.78 is 10.7. The number of hydrogen-bond acceptors (Lipinski definition) is 9. The second-order valence-electron chi connectivity index (χ2n) is 7.39. The summed E-state index contributed by atoms with van der Waals surface area (Å²) in [4.78, 5) is 49.0. The molecule has 0 aliphatic carbocycles. The van der Waals surface area contributed by atoms with Gasteiger partial charge in [0.25, 0.3) is 11.1 Å². The number of nitrogens with one attached hydrogen (secondary N) is 2. The van der Waals surface area contributed by atoms with Gasteiger partial charge in [-0.3, -0.25) is 14.9 Å². The van der Waals surface area contributed by atoms with Crippen LogP contribution in [0.2, 0.25) is 0 Å². The SMILES string of the molecule is COCCOc1cc(/C=C2/SC(=O)NC2=O)nc(N2CCN(C(=O)Nc3ccccc3)CC2)n1. The summed E-state index contributed by atoms with van der Waals surface area (Å²) in [5, 5.41) is 4.69. The van der Waals surface area contributed by atoms with Crippen LogP contribution in [0.4, 0.5) is 21.2 Å². The smallest absolute Gasteiger partial charge is 0.321 e. The van der Waals surface area contributed by atoms with Crippen molar-refractivity contribution >= 4 is 46.7 Å². The highest BCUT2D eigenvalue weighted by Gasteiger charge is 2.26. The summed E-state index contributed by atoms with van der Waals surface area (Å²) in [6, 6.07) is 10.7. The lowest BCUT2D eigenvalue weighted by Gasteiger charge is -2.34. The molecule has 2 saturated heterocycles. The Labute approximate surface area is 200 Å². The van der Waals surface area contributed by atoms with Crippen LogP contribution in [0.5, 0.6) is 5.88 Å². The second-order valence-corrected chi connectivity index (χ2v) is 8.41. The summed E-state index contributed by atoms with van der Waals surface area (Å²) in [7, 11) is 1.57. The number of aromatic nitrogens is 2. The zero-order chi connectivity index (χ0) is 23.9. The van der Waals surface area contributed by atoms with E-state index in [-0.39, 0.29) is 10.9 Å². The Balaban J connectivity index is 1.46. The molecule has 2 aromatic rings. The Morgan fingerprint density at radius 2 is 1.91 bits per heavy atom. The minimum absolute atomic E-state index is 0.164. The Hall–Kier alpha value is -3.64. The van der Waals surface area contributed by atoms with Crippen LogP contribution in [-0.4, -0.2) is 78.5 Å². The van der Waals surface area contributed by atoms with Crippen LogP contribution < -0.4 is 20.3 Å². The molecule has 1 aromatic carbocycles. The number of hydrogen-bond donors (Lipinski definition) is 2. The fraction of sp³-hybridized carbons (Fsp3) is 0.318. The number of ether oxygens (including phenoxy) is 2. The molecule has 0 unspecified atom stereocenters. The van der Waals surface area contributed by atoms with E-state index >= 15 is 0 Å². The molecule has 0 radical (unpaired) electrons. The zero-order valence-corrected chi connectivity index (χ0v) is 19.3. The van der Waals surface area contributed by atoms with Crippen LogP contribution in [0.3, 0.4) is 0 Å². The number of carbonyl (C=O) groups is 3. The van der Waals surface area contributed by atoms with Gasteiger partial charge in [0.15, 0.2) is 0 Å². The standard InChI is InChI=1S/C22H24N6O5S/c1-32-11-12-33-18-14-16(13-17-19(29)26-22(31)34-17)23-20(25-18)27-7-9-28(10-8-27)21(30)24-15-5-3-2-4-6-15/h2-6,13-14H,7-12H2,1H3,(H,24,30)(H,26,29,31)/b17-13+. The lowest BCUT2D eigenvalue weighted by molar-refractivity contribution is -0.115. The number of anilines is 2. The first kappa shape index (κ1) is 23.5. The highest BCUT2D eigenvalue weighted by atomic mass is 32.2. The maximum Gasteiger partial charge on any atom is 0.321 e. The van der Waals surface area contributed by atoms with Crippen molar-refractivity contribution in [2.45, 2.75) is 0 Å². The number of imide groups is 1. The van der Waals surface area contributed by atoms with Crippen molar-refractivity contribution in [1.29, 1.82) is 0 Å². The minimum atomic E-state index is -0.463. The molecule has 4 rings (SSSR count). The lowest BCUT2D eigenvalue weighted by Crippen LogP contribution is -2.50. The molecule has 1 aromatic heterocycles. The average molecular weight is 485 g/mol. The molecule has 4 amide bonds. The van der Waals surface area contributed by atoms with Crippen LogP contribution >= 0.6 is 11.8 Å². The third kappa shape index (κ3) is 6.02. The summed E-state index contributed by atoms with van der Waals surface area (Å²) in [6.07, 6.45) is 1.53. The van der Waals surface area contributed by atoms with Gasteiger partial charge >= 0.3 is 6.03 Å². The first-order valence-corrected chi connectivity index (χ1v) is 11.4. The Bertz CT molecular complexity index is 1090. The van der Waals surface area contributed by atoms with E-state index in [2.05, 4.69) is 20.6 Å². The van der Waals surface area contributed by atoms with Crippen molar-refractivity contribution in [1.82, 2.24) is 20.2 Å². The predicted octanol–water partition coefficient (Wildman–Crippen LogP) is 2.18. The van der Waals surface area contributed by atoms with E-state index in [0.29, 0.717) is 56.9 Å². The maximum absolute atomic E-state index is 12.6. The largest absolute Gasteiger partial charge is 0.475 e. The van der Waals surface area contributed by atoms with E-state index in [9.17, 15) is 14.4 Å². The molecular weight excluding hydrogens is 460 g/mol. The quantitative estimate of drug-likeness (QED) is 0.449. The highest BCUT2D eigenvalue weighted by molar-refractivity contribution is 8.18. The predicted molar refractivity (Wildman–Crippen MR) is 128 cm³/mol.